The molecule has 0 bridgehead atoms. The monoisotopic (exact) mass is 270 g/mol. The number of nitrogens with two attached hydrogens (primary N) is 1. The van der Waals surface area contributed by atoms with Gasteiger partial charge in [0, 0.05) is 17.2 Å². The average Bonchev–Trinajstić information content (AvgIpc) is 2.48. The third kappa shape index (κ3) is 3.85. The Balaban J connectivity index is 2.03. The number of amides is 1. The van der Waals surface area contributed by atoms with Crippen LogP contribution in [0.3, 0.4) is 0 Å². The first kappa shape index (κ1) is 14.6. The molecule has 0 saturated heterocycles. The molecule has 0 atom stereocenters. The van der Waals surface area contributed by atoms with Gasteiger partial charge in [0.1, 0.15) is 0 Å². The van der Waals surface area contributed by atoms with Crippen molar-refractivity contribution in [3.8, 4) is 11.8 Å². The van der Waals surface area contributed by atoms with Crippen LogP contribution in [-0.2, 0) is 4.79 Å². The molecular formula is C17H22N2O. The zero-order valence-corrected chi connectivity index (χ0v) is 12.0. The van der Waals surface area contributed by atoms with E-state index in [2.05, 4.69) is 17.2 Å². The Morgan fingerprint density at radius 3 is 2.75 bits per heavy atom. The summed E-state index contributed by atoms with van der Waals surface area (Å²) in [5.74, 6) is 6.18. The number of benzene rings is 1. The van der Waals surface area contributed by atoms with Crippen LogP contribution in [0, 0.1) is 24.7 Å². The molecule has 0 unspecified atom stereocenters. The van der Waals surface area contributed by atoms with Crippen LogP contribution < -0.4 is 11.1 Å². The summed E-state index contributed by atoms with van der Waals surface area (Å²) in [6.07, 6.45) is 5.64. The Labute approximate surface area is 120 Å². The second-order valence-electron chi connectivity index (χ2n) is 5.36. The molecule has 1 aliphatic rings. The van der Waals surface area contributed by atoms with Gasteiger partial charge in [-0.15, -0.1) is 0 Å². The van der Waals surface area contributed by atoms with Crippen molar-refractivity contribution < 1.29 is 4.79 Å². The molecule has 1 aliphatic carbocycles. The summed E-state index contributed by atoms with van der Waals surface area (Å²) in [5, 5.41) is 3.05. The van der Waals surface area contributed by atoms with E-state index < -0.39 is 0 Å². The molecule has 106 valence electrons. The van der Waals surface area contributed by atoms with Crippen molar-refractivity contribution in [2.24, 2.45) is 11.7 Å². The number of nitrogens with one attached hydrogen (secondary N) is 1. The maximum absolute atomic E-state index is 12.2. The number of carbonyl (C=O) groups is 1. The van der Waals surface area contributed by atoms with Gasteiger partial charge in [-0.25, -0.2) is 0 Å². The fourth-order valence-corrected chi connectivity index (χ4v) is 2.63. The SMILES string of the molecule is Cc1cc(C#CCN)ccc1NC(=O)C1CCCCC1. The van der Waals surface area contributed by atoms with Gasteiger partial charge < -0.3 is 11.1 Å². The third-order valence-corrected chi connectivity index (χ3v) is 3.80. The van der Waals surface area contributed by atoms with Gasteiger partial charge in [0.25, 0.3) is 0 Å². The normalized spacial score (nSPS) is 15.3. The Hall–Kier alpha value is -1.79. The minimum atomic E-state index is 0.161. The standard InChI is InChI=1S/C17H22N2O/c1-13-12-14(6-5-11-18)9-10-16(13)19-17(20)15-7-3-2-4-8-15/h9-10,12,15H,2-4,7-8,11,18H2,1H3,(H,19,20). The van der Waals surface area contributed by atoms with Crippen molar-refractivity contribution in [2.45, 2.75) is 39.0 Å². The zero-order chi connectivity index (χ0) is 14.4. The first-order valence-electron chi connectivity index (χ1n) is 7.31. The lowest BCUT2D eigenvalue weighted by molar-refractivity contribution is -0.120. The van der Waals surface area contributed by atoms with Gasteiger partial charge in [-0.05, 0) is 43.5 Å². The van der Waals surface area contributed by atoms with Crippen molar-refractivity contribution in [3.63, 3.8) is 0 Å². The molecule has 3 nitrogen and oxygen atoms in total. The average molecular weight is 270 g/mol. The molecule has 0 aliphatic heterocycles. The van der Waals surface area contributed by atoms with Gasteiger partial charge in [-0.2, -0.15) is 0 Å². The van der Waals surface area contributed by atoms with E-state index >= 15 is 0 Å². The first-order valence-corrected chi connectivity index (χ1v) is 7.31. The van der Waals surface area contributed by atoms with Crippen LogP contribution in [0.2, 0.25) is 0 Å². The molecule has 0 spiro atoms. The molecule has 3 heteroatoms. The largest absolute Gasteiger partial charge is 0.326 e. The number of hydrogen-bond acceptors (Lipinski definition) is 2. The lowest BCUT2D eigenvalue weighted by Crippen LogP contribution is -2.25. The Morgan fingerprint density at radius 2 is 2.10 bits per heavy atom. The summed E-state index contributed by atoms with van der Waals surface area (Å²) in [6, 6.07) is 5.84. The van der Waals surface area contributed by atoms with Gasteiger partial charge in [0.15, 0.2) is 0 Å². The zero-order valence-electron chi connectivity index (χ0n) is 12.0. The number of rotatable bonds is 2. The molecule has 1 aromatic rings. The Kier molecular flexibility index (Phi) is 5.20. The van der Waals surface area contributed by atoms with Crippen molar-refractivity contribution >= 4 is 11.6 Å². The molecular weight excluding hydrogens is 248 g/mol. The predicted molar refractivity (Wildman–Crippen MR) is 82.3 cm³/mol. The first-order chi connectivity index (χ1) is 9.70. The molecule has 1 fully saturated rings. The highest BCUT2D eigenvalue weighted by atomic mass is 16.1. The van der Waals surface area contributed by atoms with Crippen LogP contribution >= 0.6 is 0 Å². The topological polar surface area (TPSA) is 55.1 Å². The van der Waals surface area contributed by atoms with E-state index in [1.165, 1.54) is 19.3 Å². The van der Waals surface area contributed by atoms with Gasteiger partial charge in [0.2, 0.25) is 5.91 Å². The summed E-state index contributed by atoms with van der Waals surface area (Å²) in [5.41, 5.74) is 8.22. The highest BCUT2D eigenvalue weighted by molar-refractivity contribution is 5.93. The van der Waals surface area contributed by atoms with Gasteiger partial charge >= 0.3 is 0 Å². The number of aryl methyl sites for hydroxylation is 1. The van der Waals surface area contributed by atoms with E-state index in [1.807, 2.05) is 25.1 Å². The summed E-state index contributed by atoms with van der Waals surface area (Å²) in [7, 11) is 0. The molecule has 1 saturated carbocycles. The summed E-state index contributed by atoms with van der Waals surface area (Å²) < 4.78 is 0. The fourth-order valence-electron chi connectivity index (χ4n) is 2.63. The predicted octanol–water partition coefficient (Wildman–Crippen LogP) is 2.82. The van der Waals surface area contributed by atoms with E-state index in [-0.39, 0.29) is 11.8 Å². The minimum Gasteiger partial charge on any atom is -0.326 e. The van der Waals surface area contributed by atoms with Crippen LogP contribution in [-0.4, -0.2) is 12.5 Å². The van der Waals surface area contributed by atoms with Crippen LogP contribution in [0.1, 0.15) is 43.2 Å². The number of hydrogen-bond donors (Lipinski definition) is 2. The van der Waals surface area contributed by atoms with Gasteiger partial charge in [-0.3, -0.25) is 4.79 Å². The molecule has 20 heavy (non-hydrogen) atoms. The van der Waals surface area contributed by atoms with Crippen LogP contribution in [0.15, 0.2) is 18.2 Å². The molecule has 3 N–H and O–H groups in total. The van der Waals surface area contributed by atoms with Crippen LogP contribution in [0.5, 0.6) is 0 Å². The smallest absolute Gasteiger partial charge is 0.227 e. The fraction of sp³-hybridized carbons (Fsp3) is 0.471. The Morgan fingerprint density at radius 1 is 1.35 bits per heavy atom. The summed E-state index contributed by atoms with van der Waals surface area (Å²) >= 11 is 0. The Bertz CT molecular complexity index is 534. The highest BCUT2D eigenvalue weighted by Gasteiger charge is 2.21. The van der Waals surface area contributed by atoms with Crippen molar-refractivity contribution in [3.05, 3.63) is 29.3 Å². The summed E-state index contributed by atoms with van der Waals surface area (Å²) in [4.78, 5) is 12.2. The molecule has 0 radical (unpaired) electrons. The van der Waals surface area contributed by atoms with E-state index in [4.69, 9.17) is 5.73 Å². The van der Waals surface area contributed by atoms with Crippen molar-refractivity contribution in [1.29, 1.82) is 0 Å². The number of anilines is 1. The second kappa shape index (κ2) is 7.12. The molecule has 0 heterocycles. The van der Waals surface area contributed by atoms with Crippen molar-refractivity contribution in [2.75, 3.05) is 11.9 Å². The lowest BCUT2D eigenvalue weighted by Gasteiger charge is -2.21. The van der Waals surface area contributed by atoms with Crippen LogP contribution in [0.25, 0.3) is 0 Å². The lowest BCUT2D eigenvalue weighted by atomic mass is 9.88. The van der Waals surface area contributed by atoms with E-state index in [0.29, 0.717) is 6.54 Å². The summed E-state index contributed by atoms with van der Waals surface area (Å²) in [6.45, 7) is 2.35. The van der Waals surface area contributed by atoms with E-state index in [0.717, 1.165) is 29.7 Å². The van der Waals surface area contributed by atoms with Crippen LogP contribution in [0.4, 0.5) is 5.69 Å². The highest BCUT2D eigenvalue weighted by Crippen LogP contribution is 2.25. The quantitative estimate of drug-likeness (QED) is 0.812. The van der Waals surface area contributed by atoms with Crippen molar-refractivity contribution in [1.82, 2.24) is 0 Å². The maximum Gasteiger partial charge on any atom is 0.227 e. The van der Waals surface area contributed by atoms with E-state index in [1.54, 1.807) is 0 Å². The maximum atomic E-state index is 12.2. The molecule has 0 aromatic heterocycles. The number of carbonyl (C=O) groups excluding carboxylic acids is 1. The second-order valence-corrected chi connectivity index (χ2v) is 5.36. The van der Waals surface area contributed by atoms with Gasteiger partial charge in [-0.1, -0.05) is 31.1 Å². The van der Waals surface area contributed by atoms with Gasteiger partial charge in [0.05, 0.1) is 6.54 Å². The van der Waals surface area contributed by atoms with E-state index in [9.17, 15) is 4.79 Å². The minimum absolute atomic E-state index is 0.161. The molecule has 2 rings (SSSR count). The molecule has 1 amide bonds. The molecule has 1 aromatic carbocycles. The third-order valence-electron chi connectivity index (χ3n) is 3.80.